The summed E-state index contributed by atoms with van der Waals surface area (Å²) in [7, 11) is -5.55. The zero-order valence-electron chi connectivity index (χ0n) is 24.0. The highest BCUT2D eigenvalue weighted by Crippen LogP contribution is 2.40. The number of nitrogens with zero attached hydrogens (tertiary/aromatic N) is 2. The molecule has 1 amide bonds. The van der Waals surface area contributed by atoms with Crippen molar-refractivity contribution in [3.63, 3.8) is 0 Å². The molecule has 2 aromatic carbocycles. The molecule has 1 atom stereocenters. The Balaban J connectivity index is 1.75. The Morgan fingerprint density at radius 1 is 0.933 bits per heavy atom. The molecule has 1 aliphatic carbocycles. The van der Waals surface area contributed by atoms with E-state index in [2.05, 4.69) is 4.84 Å². The molecule has 1 heterocycles. The van der Waals surface area contributed by atoms with Crippen LogP contribution in [0, 0.1) is 5.92 Å². The summed E-state index contributed by atoms with van der Waals surface area (Å²) in [4.78, 5) is 29.9. The average molecular weight is 682 g/mol. The molecule has 248 valence electrons. The first-order valence-electron chi connectivity index (χ1n) is 14.4. The van der Waals surface area contributed by atoms with Gasteiger partial charge in [-0.2, -0.15) is 22.0 Å². The van der Waals surface area contributed by atoms with E-state index in [4.69, 9.17) is 22.1 Å². The molecule has 16 heteroatoms. The van der Waals surface area contributed by atoms with Gasteiger partial charge in [-0.1, -0.05) is 43.0 Å². The fourth-order valence-corrected chi connectivity index (χ4v) is 6.73. The van der Waals surface area contributed by atoms with Gasteiger partial charge in [-0.3, -0.25) is 4.79 Å². The van der Waals surface area contributed by atoms with Crippen molar-refractivity contribution < 1.29 is 49.5 Å². The highest BCUT2D eigenvalue weighted by Gasteiger charge is 2.58. The van der Waals surface area contributed by atoms with Crippen molar-refractivity contribution in [2.45, 2.75) is 74.0 Å². The van der Waals surface area contributed by atoms with Crippen LogP contribution >= 0.6 is 11.6 Å². The molecule has 0 radical (unpaired) electrons. The Kier molecular flexibility index (Phi) is 11.0. The van der Waals surface area contributed by atoms with Crippen LogP contribution in [0.5, 0.6) is 5.75 Å². The van der Waals surface area contributed by atoms with Gasteiger partial charge in [0.1, 0.15) is 5.75 Å². The molecule has 0 unspecified atom stereocenters. The van der Waals surface area contributed by atoms with Crippen LogP contribution < -0.4 is 10.5 Å². The van der Waals surface area contributed by atoms with Crippen LogP contribution in [0.4, 0.5) is 22.0 Å². The molecule has 0 aromatic heterocycles. The van der Waals surface area contributed by atoms with Crippen LogP contribution in [-0.2, 0) is 30.4 Å². The first-order chi connectivity index (χ1) is 21.1. The summed E-state index contributed by atoms with van der Waals surface area (Å²) in [6, 6.07) is 4.16. The van der Waals surface area contributed by atoms with E-state index < -0.39 is 55.0 Å². The quantitative estimate of drug-likeness (QED) is 0.263. The standard InChI is InChI=1S/C29H33ClF5N3O6S/c30-21-8-6-20(7-9-21)28(31,32)25(26(39)37-16-14-22(36)15-17-37)38(44-27(40)29(33,34)35)45(41,42)24-12-10-23(11-13-24)43-18-19-4-2-1-3-5-19/h6-13,19,22,25H,1-5,14-18,36H2/t25-/m0/s1. The molecule has 1 saturated heterocycles. The number of carbonyl (C=O) groups is 2. The third kappa shape index (κ3) is 8.43. The molecule has 4 rings (SSSR count). The fourth-order valence-electron chi connectivity index (χ4n) is 5.25. The summed E-state index contributed by atoms with van der Waals surface area (Å²) in [6.07, 6.45) is -0.315. The zero-order chi connectivity index (χ0) is 33.0. The van der Waals surface area contributed by atoms with Crippen LogP contribution in [0.1, 0.15) is 50.5 Å². The molecule has 0 spiro atoms. The normalized spacial score (nSPS) is 18.1. The number of likely N-dealkylation sites (tertiary alicyclic amines) is 1. The van der Waals surface area contributed by atoms with Crippen LogP contribution in [-0.4, -0.2) is 67.6 Å². The maximum atomic E-state index is 16.3. The highest BCUT2D eigenvalue weighted by molar-refractivity contribution is 7.89. The van der Waals surface area contributed by atoms with Crippen molar-refractivity contribution in [2.24, 2.45) is 11.7 Å². The largest absolute Gasteiger partial charge is 0.493 e. The Labute approximate surface area is 262 Å². The lowest BCUT2D eigenvalue weighted by Crippen LogP contribution is -2.60. The lowest BCUT2D eigenvalue weighted by atomic mass is 9.90. The molecule has 2 aromatic rings. The smallest absolute Gasteiger partial charge is 0.492 e. The van der Waals surface area contributed by atoms with Gasteiger partial charge in [-0.15, -0.1) is 0 Å². The predicted octanol–water partition coefficient (Wildman–Crippen LogP) is 5.42. The Hall–Kier alpha value is -3.01. The number of hydrogen-bond donors (Lipinski definition) is 1. The van der Waals surface area contributed by atoms with Gasteiger partial charge in [0.25, 0.3) is 15.9 Å². The zero-order valence-corrected chi connectivity index (χ0v) is 25.6. The number of hydroxylamine groups is 1. The number of carbonyl (C=O) groups excluding carboxylic acids is 2. The number of ether oxygens (including phenoxy) is 1. The minimum Gasteiger partial charge on any atom is -0.493 e. The topological polar surface area (TPSA) is 119 Å². The van der Waals surface area contributed by atoms with Crippen molar-refractivity contribution in [3.05, 3.63) is 59.1 Å². The summed E-state index contributed by atoms with van der Waals surface area (Å²) in [5, 5.41) is 0.0150. The van der Waals surface area contributed by atoms with Crippen LogP contribution in [0.2, 0.25) is 5.02 Å². The summed E-state index contributed by atoms with van der Waals surface area (Å²) in [5.74, 6) is -8.71. The van der Waals surface area contributed by atoms with Crippen molar-refractivity contribution in [2.75, 3.05) is 19.7 Å². The maximum absolute atomic E-state index is 16.3. The second-order valence-electron chi connectivity index (χ2n) is 11.1. The molecule has 9 nitrogen and oxygen atoms in total. The van der Waals surface area contributed by atoms with Gasteiger partial charge in [0, 0.05) is 29.7 Å². The van der Waals surface area contributed by atoms with Gasteiger partial charge in [-0.25, -0.2) is 13.2 Å². The number of hydrogen-bond acceptors (Lipinski definition) is 7. The lowest BCUT2D eigenvalue weighted by molar-refractivity contribution is -0.239. The van der Waals surface area contributed by atoms with Crippen molar-refractivity contribution >= 4 is 33.5 Å². The number of benzene rings is 2. The van der Waals surface area contributed by atoms with Gasteiger partial charge in [0.05, 0.1) is 11.5 Å². The summed E-state index contributed by atoms with van der Waals surface area (Å²) in [6.45, 7) is -0.0343. The Bertz CT molecular complexity index is 1430. The summed E-state index contributed by atoms with van der Waals surface area (Å²) in [5.41, 5.74) is 4.89. The molecular weight excluding hydrogens is 649 g/mol. The van der Waals surface area contributed by atoms with E-state index in [1.54, 1.807) is 0 Å². The number of piperidine rings is 1. The van der Waals surface area contributed by atoms with E-state index in [0.717, 1.165) is 73.4 Å². The first kappa shape index (κ1) is 34.9. The average Bonchev–Trinajstić information content (AvgIpc) is 3.00. The van der Waals surface area contributed by atoms with Crippen LogP contribution in [0.3, 0.4) is 0 Å². The molecule has 45 heavy (non-hydrogen) atoms. The molecular formula is C29H33ClF5N3O6S. The minimum absolute atomic E-state index is 0.0150. The van der Waals surface area contributed by atoms with Gasteiger partial charge < -0.3 is 20.2 Å². The van der Waals surface area contributed by atoms with Crippen molar-refractivity contribution in [1.29, 1.82) is 0 Å². The Morgan fingerprint density at radius 2 is 1.51 bits per heavy atom. The second-order valence-corrected chi connectivity index (χ2v) is 13.3. The predicted molar refractivity (Wildman–Crippen MR) is 153 cm³/mol. The summed E-state index contributed by atoms with van der Waals surface area (Å²) < 4.78 is 105. The van der Waals surface area contributed by atoms with Crippen LogP contribution in [0.15, 0.2) is 53.4 Å². The third-order valence-electron chi connectivity index (χ3n) is 7.84. The number of rotatable bonds is 10. The van der Waals surface area contributed by atoms with Gasteiger partial charge in [-0.05, 0) is 72.5 Å². The highest BCUT2D eigenvalue weighted by atomic mass is 35.5. The molecule has 1 aliphatic heterocycles. The number of alkyl halides is 5. The van der Waals surface area contributed by atoms with E-state index in [-0.39, 0.29) is 42.7 Å². The van der Waals surface area contributed by atoms with E-state index in [1.807, 2.05) is 0 Å². The van der Waals surface area contributed by atoms with E-state index in [0.29, 0.717) is 12.5 Å². The van der Waals surface area contributed by atoms with Gasteiger partial charge in [0.15, 0.2) is 0 Å². The minimum atomic E-state index is -5.80. The summed E-state index contributed by atoms with van der Waals surface area (Å²) >= 11 is 5.81. The number of sulfonamides is 1. The van der Waals surface area contributed by atoms with E-state index in [1.165, 1.54) is 12.1 Å². The first-order valence-corrected chi connectivity index (χ1v) is 16.2. The molecule has 1 saturated carbocycles. The van der Waals surface area contributed by atoms with Crippen molar-refractivity contribution in [1.82, 2.24) is 9.37 Å². The number of halogens is 6. The molecule has 0 bridgehead atoms. The second kappa shape index (κ2) is 14.2. The number of nitrogens with two attached hydrogens (primary N) is 1. The maximum Gasteiger partial charge on any atom is 0.492 e. The van der Waals surface area contributed by atoms with Crippen molar-refractivity contribution in [3.8, 4) is 5.75 Å². The monoisotopic (exact) mass is 681 g/mol. The van der Waals surface area contributed by atoms with E-state index in [9.17, 15) is 31.2 Å². The fraction of sp³-hybridized carbons (Fsp3) is 0.517. The number of amides is 1. The molecule has 2 fully saturated rings. The SMILES string of the molecule is NC1CCN(C(=O)[C@H](N(OC(=O)C(F)(F)F)S(=O)(=O)c2ccc(OCC3CCCCC3)cc2)C(F)(F)c2ccc(Cl)cc2)CC1. The van der Waals surface area contributed by atoms with Gasteiger partial charge in [0.2, 0.25) is 6.04 Å². The van der Waals surface area contributed by atoms with Crippen LogP contribution in [0.25, 0.3) is 0 Å². The molecule has 2 N–H and O–H groups in total. The molecule has 2 aliphatic rings. The van der Waals surface area contributed by atoms with E-state index >= 15 is 8.78 Å². The van der Waals surface area contributed by atoms with Gasteiger partial charge >= 0.3 is 18.1 Å². The third-order valence-corrected chi connectivity index (χ3v) is 9.72. The Morgan fingerprint density at radius 3 is 2.07 bits per heavy atom. The lowest BCUT2D eigenvalue weighted by Gasteiger charge is -2.38.